The minimum Gasteiger partial charge on any atom is -0.255 e. The third-order valence-electron chi connectivity index (χ3n) is 3.90. The van der Waals surface area contributed by atoms with Crippen molar-refractivity contribution in [3.8, 4) is 0 Å². The molecule has 22 heavy (non-hydrogen) atoms. The zero-order valence-electron chi connectivity index (χ0n) is 11.4. The molecule has 0 unspecified atom stereocenters. The van der Waals surface area contributed by atoms with Gasteiger partial charge in [-0.1, -0.05) is 42.5 Å². The van der Waals surface area contributed by atoms with E-state index in [9.17, 15) is 13.2 Å². The van der Waals surface area contributed by atoms with Crippen molar-refractivity contribution in [1.29, 1.82) is 0 Å². The normalized spacial score (nSPS) is 12.3. The van der Waals surface area contributed by atoms with Crippen LogP contribution in [0.2, 0.25) is 0 Å². The summed E-state index contributed by atoms with van der Waals surface area (Å²) in [7, 11) is 0. The number of aromatic nitrogens is 1. The van der Waals surface area contributed by atoms with Crippen molar-refractivity contribution in [2.24, 2.45) is 0 Å². The van der Waals surface area contributed by atoms with Gasteiger partial charge >= 0.3 is 6.18 Å². The Hall–Kier alpha value is -2.62. The Morgan fingerprint density at radius 1 is 0.727 bits per heavy atom. The Kier molecular flexibility index (Phi) is 2.64. The molecule has 0 amide bonds. The monoisotopic (exact) mass is 297 g/mol. The fourth-order valence-corrected chi connectivity index (χ4v) is 2.84. The average Bonchev–Trinajstić information content (AvgIpc) is 2.52. The van der Waals surface area contributed by atoms with Crippen molar-refractivity contribution in [2.75, 3.05) is 0 Å². The molecule has 1 nitrogen and oxygen atoms in total. The Morgan fingerprint density at radius 3 is 2.32 bits per heavy atom. The molecule has 0 aliphatic carbocycles. The number of benzene rings is 3. The summed E-state index contributed by atoms with van der Waals surface area (Å²) in [5.41, 5.74) is 0.160. The van der Waals surface area contributed by atoms with E-state index in [1.807, 2.05) is 36.4 Å². The van der Waals surface area contributed by atoms with Crippen LogP contribution in [0.3, 0.4) is 0 Å². The van der Waals surface area contributed by atoms with E-state index >= 15 is 0 Å². The van der Waals surface area contributed by atoms with Gasteiger partial charge in [0.05, 0.1) is 11.1 Å². The smallest absolute Gasteiger partial charge is 0.255 e. The van der Waals surface area contributed by atoms with Gasteiger partial charge in [0.25, 0.3) is 0 Å². The van der Waals surface area contributed by atoms with Gasteiger partial charge in [-0.15, -0.1) is 0 Å². The minimum absolute atomic E-state index is 0.498. The lowest BCUT2D eigenvalue weighted by Crippen LogP contribution is -2.04. The zero-order chi connectivity index (χ0) is 15.3. The number of fused-ring (bicyclic) bond motifs is 5. The van der Waals surface area contributed by atoms with Gasteiger partial charge < -0.3 is 0 Å². The molecule has 1 aromatic heterocycles. The number of hydrogen-bond acceptors (Lipinski definition) is 1. The van der Waals surface area contributed by atoms with Crippen LogP contribution in [0, 0.1) is 0 Å². The van der Waals surface area contributed by atoms with Crippen molar-refractivity contribution in [1.82, 2.24) is 4.98 Å². The highest BCUT2D eigenvalue weighted by Crippen LogP contribution is 2.34. The molecule has 4 rings (SSSR count). The molecule has 0 spiro atoms. The van der Waals surface area contributed by atoms with Crippen LogP contribution >= 0.6 is 0 Å². The SMILES string of the molecule is FC(F)(F)c1ccc2c(cnc3c4ccccc4ccc23)c1. The van der Waals surface area contributed by atoms with Crippen LogP contribution < -0.4 is 0 Å². The summed E-state index contributed by atoms with van der Waals surface area (Å²) in [5, 5.41) is 4.21. The molecule has 0 radical (unpaired) electrons. The van der Waals surface area contributed by atoms with Gasteiger partial charge in [-0.05, 0) is 22.9 Å². The molecule has 4 heteroatoms. The Morgan fingerprint density at radius 2 is 1.50 bits per heavy atom. The molecule has 0 atom stereocenters. The maximum atomic E-state index is 12.8. The highest BCUT2D eigenvalue weighted by molar-refractivity contribution is 6.14. The third-order valence-corrected chi connectivity index (χ3v) is 3.90. The molecule has 4 aromatic rings. The van der Waals surface area contributed by atoms with Crippen LogP contribution in [-0.4, -0.2) is 4.98 Å². The Bertz CT molecular complexity index is 1020. The first-order chi connectivity index (χ1) is 10.5. The summed E-state index contributed by atoms with van der Waals surface area (Å²) < 4.78 is 38.5. The quantitative estimate of drug-likeness (QED) is 0.387. The predicted molar refractivity (Wildman–Crippen MR) is 81.8 cm³/mol. The van der Waals surface area contributed by atoms with Gasteiger partial charge in [-0.2, -0.15) is 13.2 Å². The number of alkyl halides is 3. The van der Waals surface area contributed by atoms with Crippen molar-refractivity contribution in [3.05, 3.63) is 66.4 Å². The van der Waals surface area contributed by atoms with Gasteiger partial charge in [-0.25, -0.2) is 0 Å². The second-order valence-electron chi connectivity index (χ2n) is 5.24. The number of halogens is 3. The van der Waals surface area contributed by atoms with Gasteiger partial charge in [0, 0.05) is 22.4 Å². The first kappa shape index (κ1) is 13.1. The first-order valence-corrected chi connectivity index (χ1v) is 6.81. The van der Waals surface area contributed by atoms with Crippen LogP contribution in [0.15, 0.2) is 60.8 Å². The van der Waals surface area contributed by atoms with E-state index < -0.39 is 11.7 Å². The highest BCUT2D eigenvalue weighted by Gasteiger charge is 2.30. The van der Waals surface area contributed by atoms with E-state index in [-0.39, 0.29) is 0 Å². The molecule has 108 valence electrons. The average molecular weight is 297 g/mol. The maximum Gasteiger partial charge on any atom is 0.416 e. The fourth-order valence-electron chi connectivity index (χ4n) is 2.84. The van der Waals surface area contributed by atoms with Crippen LogP contribution in [0.1, 0.15) is 5.56 Å². The summed E-state index contributed by atoms with van der Waals surface area (Å²) in [4.78, 5) is 4.39. The number of pyridine rings is 1. The Labute approximate surface area is 124 Å². The molecular formula is C18H10F3N. The molecule has 3 aromatic carbocycles. The van der Waals surface area contributed by atoms with E-state index in [1.165, 1.54) is 12.3 Å². The van der Waals surface area contributed by atoms with E-state index in [4.69, 9.17) is 0 Å². The first-order valence-electron chi connectivity index (χ1n) is 6.81. The highest BCUT2D eigenvalue weighted by atomic mass is 19.4. The van der Waals surface area contributed by atoms with E-state index in [1.54, 1.807) is 0 Å². The van der Waals surface area contributed by atoms with Crippen molar-refractivity contribution < 1.29 is 13.2 Å². The van der Waals surface area contributed by atoms with Crippen molar-refractivity contribution in [3.63, 3.8) is 0 Å². The van der Waals surface area contributed by atoms with Crippen molar-refractivity contribution >= 4 is 32.4 Å². The molecular weight excluding hydrogens is 287 g/mol. The number of hydrogen-bond donors (Lipinski definition) is 0. The molecule has 0 fully saturated rings. The second-order valence-corrected chi connectivity index (χ2v) is 5.24. The molecule has 0 N–H and O–H groups in total. The maximum absolute atomic E-state index is 12.8. The fraction of sp³-hybridized carbons (Fsp3) is 0.0556. The molecule has 0 saturated heterocycles. The predicted octanol–water partition coefficient (Wildman–Crippen LogP) is 5.56. The minimum atomic E-state index is -4.34. The molecule has 1 heterocycles. The van der Waals surface area contributed by atoms with Crippen LogP contribution in [0.5, 0.6) is 0 Å². The molecule has 0 bridgehead atoms. The molecule has 0 saturated carbocycles. The summed E-state index contributed by atoms with van der Waals surface area (Å²) in [6.45, 7) is 0. The number of nitrogens with zero attached hydrogens (tertiary/aromatic N) is 1. The van der Waals surface area contributed by atoms with Gasteiger partial charge in [0.2, 0.25) is 0 Å². The summed E-state index contributed by atoms with van der Waals surface area (Å²) >= 11 is 0. The lowest BCUT2D eigenvalue weighted by atomic mass is 10.0. The lowest BCUT2D eigenvalue weighted by Gasteiger charge is -2.10. The van der Waals surface area contributed by atoms with Crippen LogP contribution in [0.25, 0.3) is 32.4 Å². The van der Waals surface area contributed by atoms with E-state index in [0.717, 1.165) is 39.2 Å². The number of rotatable bonds is 0. The third kappa shape index (κ3) is 1.91. The van der Waals surface area contributed by atoms with Gasteiger partial charge in [0.15, 0.2) is 0 Å². The summed E-state index contributed by atoms with van der Waals surface area (Å²) in [6.07, 6.45) is -2.83. The van der Waals surface area contributed by atoms with Crippen molar-refractivity contribution in [2.45, 2.75) is 6.18 Å². The zero-order valence-corrected chi connectivity index (χ0v) is 11.4. The summed E-state index contributed by atoms with van der Waals surface area (Å²) in [5.74, 6) is 0. The molecule has 0 aliphatic rings. The van der Waals surface area contributed by atoms with Gasteiger partial charge in [0.1, 0.15) is 0 Å². The Balaban J connectivity index is 2.09. The second kappa shape index (κ2) is 4.44. The van der Waals surface area contributed by atoms with Crippen LogP contribution in [-0.2, 0) is 6.18 Å². The van der Waals surface area contributed by atoms with E-state index in [2.05, 4.69) is 4.98 Å². The molecule has 0 aliphatic heterocycles. The lowest BCUT2D eigenvalue weighted by molar-refractivity contribution is -0.137. The van der Waals surface area contributed by atoms with E-state index in [0.29, 0.717) is 5.39 Å². The topological polar surface area (TPSA) is 12.9 Å². The standard InChI is InChI=1S/C18H10F3N/c19-18(20,21)13-6-8-14-12(9-13)10-22-17-15-4-2-1-3-11(15)5-7-16(14)17/h1-10H. The largest absolute Gasteiger partial charge is 0.416 e. The van der Waals surface area contributed by atoms with Gasteiger partial charge in [-0.3, -0.25) is 4.98 Å². The van der Waals surface area contributed by atoms with Crippen LogP contribution in [0.4, 0.5) is 13.2 Å². The summed E-state index contributed by atoms with van der Waals surface area (Å²) in [6, 6.07) is 15.5.